The van der Waals surface area contributed by atoms with Gasteiger partial charge in [-0.25, -0.2) is 4.79 Å². The SMILES string of the molecule is N#Cc1cn(C2CCS(=O)CC2)c(=O)[nH]c1=O. The van der Waals surface area contributed by atoms with Crippen molar-refractivity contribution in [2.45, 2.75) is 18.9 Å². The molecule has 90 valence electrons. The van der Waals surface area contributed by atoms with Crippen molar-refractivity contribution in [3.63, 3.8) is 0 Å². The highest BCUT2D eigenvalue weighted by atomic mass is 32.2. The van der Waals surface area contributed by atoms with E-state index in [1.165, 1.54) is 10.8 Å². The molecule has 1 saturated heterocycles. The van der Waals surface area contributed by atoms with Crippen molar-refractivity contribution in [1.82, 2.24) is 9.55 Å². The first-order valence-electron chi connectivity index (χ1n) is 5.22. The van der Waals surface area contributed by atoms with Crippen LogP contribution < -0.4 is 11.2 Å². The molecular formula is C10H11N3O3S. The van der Waals surface area contributed by atoms with E-state index in [0.717, 1.165) is 0 Å². The summed E-state index contributed by atoms with van der Waals surface area (Å²) in [6, 6.07) is 1.67. The van der Waals surface area contributed by atoms with Gasteiger partial charge >= 0.3 is 5.69 Å². The summed E-state index contributed by atoms with van der Waals surface area (Å²) >= 11 is 0. The predicted molar refractivity (Wildman–Crippen MR) is 62.2 cm³/mol. The Morgan fingerprint density at radius 2 is 2.06 bits per heavy atom. The number of aromatic nitrogens is 2. The number of nitriles is 1. The second kappa shape index (κ2) is 4.67. The zero-order chi connectivity index (χ0) is 12.4. The second-order valence-corrected chi connectivity index (χ2v) is 5.60. The molecule has 1 aliphatic heterocycles. The third-order valence-corrected chi connectivity index (χ3v) is 4.22. The number of aromatic amines is 1. The average molecular weight is 253 g/mol. The van der Waals surface area contributed by atoms with Crippen LogP contribution in [0.15, 0.2) is 15.8 Å². The molecule has 1 aromatic heterocycles. The van der Waals surface area contributed by atoms with Gasteiger partial charge in [-0.2, -0.15) is 5.26 Å². The van der Waals surface area contributed by atoms with Crippen molar-refractivity contribution < 1.29 is 4.21 Å². The molecule has 0 bridgehead atoms. The van der Waals surface area contributed by atoms with Gasteiger partial charge in [-0.3, -0.25) is 18.6 Å². The molecule has 17 heavy (non-hydrogen) atoms. The van der Waals surface area contributed by atoms with E-state index in [9.17, 15) is 13.8 Å². The van der Waals surface area contributed by atoms with E-state index < -0.39 is 22.0 Å². The van der Waals surface area contributed by atoms with Crippen LogP contribution in [0.5, 0.6) is 0 Å². The first-order valence-corrected chi connectivity index (χ1v) is 6.71. The monoisotopic (exact) mass is 253 g/mol. The fourth-order valence-corrected chi connectivity index (χ4v) is 3.17. The highest BCUT2D eigenvalue weighted by Gasteiger charge is 2.21. The van der Waals surface area contributed by atoms with Crippen LogP contribution >= 0.6 is 0 Å². The van der Waals surface area contributed by atoms with Gasteiger partial charge in [0.05, 0.1) is 0 Å². The van der Waals surface area contributed by atoms with Crippen LogP contribution in [0.1, 0.15) is 24.4 Å². The van der Waals surface area contributed by atoms with Gasteiger partial charge in [0.1, 0.15) is 11.6 Å². The molecule has 2 rings (SSSR count). The maximum Gasteiger partial charge on any atom is 0.328 e. The third kappa shape index (κ3) is 2.36. The van der Waals surface area contributed by atoms with E-state index in [2.05, 4.69) is 4.98 Å². The minimum Gasteiger partial charge on any atom is -0.296 e. The summed E-state index contributed by atoms with van der Waals surface area (Å²) in [6.45, 7) is 0. The standard InChI is InChI=1S/C10H11N3O3S/c11-5-7-6-13(10(15)12-9(7)14)8-1-3-17(16)4-2-8/h6,8H,1-4H2,(H,12,14,15). The number of hydrogen-bond donors (Lipinski definition) is 1. The molecule has 0 radical (unpaired) electrons. The lowest BCUT2D eigenvalue weighted by molar-refractivity contribution is 0.441. The van der Waals surface area contributed by atoms with Gasteiger partial charge in [0, 0.05) is 34.5 Å². The summed E-state index contributed by atoms with van der Waals surface area (Å²) in [5.41, 5.74) is -1.24. The number of H-pyrrole nitrogens is 1. The molecular weight excluding hydrogens is 242 g/mol. The first-order chi connectivity index (χ1) is 8.11. The Morgan fingerprint density at radius 3 is 2.65 bits per heavy atom. The van der Waals surface area contributed by atoms with Gasteiger partial charge in [-0.1, -0.05) is 0 Å². The van der Waals surface area contributed by atoms with Gasteiger partial charge in [-0.15, -0.1) is 0 Å². The maximum atomic E-state index is 11.6. The molecule has 0 atom stereocenters. The van der Waals surface area contributed by atoms with Crippen LogP contribution in [0.3, 0.4) is 0 Å². The van der Waals surface area contributed by atoms with E-state index in [-0.39, 0.29) is 11.6 Å². The molecule has 0 spiro atoms. The summed E-state index contributed by atoms with van der Waals surface area (Å²) in [5.74, 6) is 1.11. The van der Waals surface area contributed by atoms with E-state index in [4.69, 9.17) is 5.26 Å². The Balaban J connectivity index is 2.39. The largest absolute Gasteiger partial charge is 0.328 e. The molecule has 6 nitrogen and oxygen atoms in total. The second-order valence-electron chi connectivity index (χ2n) is 3.90. The Bertz CT molecular complexity index is 600. The summed E-state index contributed by atoms with van der Waals surface area (Å²) < 4.78 is 12.6. The molecule has 1 fully saturated rings. The number of nitrogens with zero attached hydrogens (tertiary/aromatic N) is 2. The fourth-order valence-electron chi connectivity index (χ4n) is 1.90. The van der Waals surface area contributed by atoms with Crippen LogP contribution in [0.4, 0.5) is 0 Å². The quantitative estimate of drug-likeness (QED) is 0.729. The van der Waals surface area contributed by atoms with Gasteiger partial charge in [-0.05, 0) is 12.8 Å². The number of hydrogen-bond acceptors (Lipinski definition) is 4. The summed E-state index contributed by atoms with van der Waals surface area (Å²) in [5, 5.41) is 8.74. The Kier molecular flexibility index (Phi) is 3.24. The van der Waals surface area contributed by atoms with Crippen LogP contribution in [-0.2, 0) is 10.8 Å². The smallest absolute Gasteiger partial charge is 0.296 e. The molecule has 0 aromatic carbocycles. The number of rotatable bonds is 1. The van der Waals surface area contributed by atoms with Crippen molar-refractivity contribution >= 4 is 10.8 Å². The molecule has 1 N–H and O–H groups in total. The van der Waals surface area contributed by atoms with Crippen LogP contribution in [-0.4, -0.2) is 25.3 Å². The third-order valence-electron chi connectivity index (χ3n) is 2.84. The lowest BCUT2D eigenvalue weighted by Gasteiger charge is -2.23. The van der Waals surface area contributed by atoms with Gasteiger partial charge in [0.15, 0.2) is 0 Å². The first kappa shape index (κ1) is 11.8. The molecule has 2 heterocycles. The normalized spacial score (nSPS) is 24.2. The fraction of sp³-hybridized carbons (Fsp3) is 0.500. The molecule has 7 heteroatoms. The lowest BCUT2D eigenvalue weighted by Crippen LogP contribution is -2.35. The van der Waals surface area contributed by atoms with Gasteiger partial charge < -0.3 is 0 Å². The van der Waals surface area contributed by atoms with Crippen LogP contribution in [0.25, 0.3) is 0 Å². The molecule has 0 unspecified atom stereocenters. The van der Waals surface area contributed by atoms with Crippen molar-refractivity contribution in [1.29, 1.82) is 5.26 Å². The minimum absolute atomic E-state index is 0.0729. The van der Waals surface area contributed by atoms with Crippen molar-refractivity contribution in [3.05, 3.63) is 32.6 Å². The zero-order valence-electron chi connectivity index (χ0n) is 9.01. The Labute approximate surface area is 99.4 Å². The van der Waals surface area contributed by atoms with Crippen molar-refractivity contribution in [2.24, 2.45) is 0 Å². The summed E-state index contributed by atoms with van der Waals surface area (Å²) in [7, 11) is -0.805. The summed E-state index contributed by atoms with van der Waals surface area (Å²) in [4.78, 5) is 24.9. The molecule has 0 amide bonds. The Hall–Kier alpha value is -1.68. The summed E-state index contributed by atoms with van der Waals surface area (Å²) in [6.07, 6.45) is 2.55. The maximum absolute atomic E-state index is 11.6. The molecule has 0 saturated carbocycles. The van der Waals surface area contributed by atoms with Gasteiger partial charge in [0.2, 0.25) is 0 Å². The topological polar surface area (TPSA) is 95.7 Å². The molecule has 0 aliphatic carbocycles. The highest BCUT2D eigenvalue weighted by molar-refractivity contribution is 7.85. The Morgan fingerprint density at radius 1 is 1.41 bits per heavy atom. The minimum atomic E-state index is -0.805. The van der Waals surface area contributed by atoms with Crippen molar-refractivity contribution in [2.75, 3.05) is 11.5 Å². The van der Waals surface area contributed by atoms with E-state index in [0.29, 0.717) is 24.3 Å². The van der Waals surface area contributed by atoms with Crippen molar-refractivity contribution in [3.8, 4) is 6.07 Å². The van der Waals surface area contributed by atoms with Crippen LogP contribution in [0, 0.1) is 11.3 Å². The van der Waals surface area contributed by atoms with E-state index in [1.54, 1.807) is 6.07 Å². The highest BCUT2D eigenvalue weighted by Crippen LogP contribution is 2.20. The van der Waals surface area contributed by atoms with Crippen LogP contribution in [0.2, 0.25) is 0 Å². The molecule has 1 aromatic rings. The average Bonchev–Trinajstić information content (AvgIpc) is 2.31. The van der Waals surface area contributed by atoms with E-state index in [1.807, 2.05) is 0 Å². The molecule has 1 aliphatic rings. The zero-order valence-corrected chi connectivity index (χ0v) is 9.83. The number of nitrogens with one attached hydrogen (secondary N) is 1. The van der Waals surface area contributed by atoms with Gasteiger partial charge in [0.25, 0.3) is 5.56 Å². The predicted octanol–water partition coefficient (Wildman–Crippen LogP) is -0.508. The lowest BCUT2D eigenvalue weighted by atomic mass is 10.1. The van der Waals surface area contributed by atoms with E-state index >= 15 is 0 Å².